The van der Waals surface area contributed by atoms with Crippen LogP contribution >= 0.6 is 15.9 Å². The van der Waals surface area contributed by atoms with Crippen molar-refractivity contribution >= 4 is 33.2 Å². The van der Waals surface area contributed by atoms with Gasteiger partial charge >= 0.3 is 0 Å². The van der Waals surface area contributed by atoms with E-state index in [0.29, 0.717) is 36.3 Å². The lowest BCUT2D eigenvalue weighted by Crippen LogP contribution is -2.36. The second kappa shape index (κ2) is 4.74. The lowest BCUT2D eigenvalue weighted by atomic mass is 10.4. The SMILES string of the molecule is COc1nc2nc(N3CCOCC3)oc2cc1Br. The quantitative estimate of drug-likeness (QED) is 0.843. The van der Waals surface area contributed by atoms with Gasteiger partial charge in [0.15, 0.2) is 5.58 Å². The van der Waals surface area contributed by atoms with Gasteiger partial charge < -0.3 is 18.8 Å². The van der Waals surface area contributed by atoms with E-state index in [1.54, 1.807) is 7.11 Å². The maximum Gasteiger partial charge on any atom is 0.300 e. The monoisotopic (exact) mass is 313 g/mol. The summed E-state index contributed by atoms with van der Waals surface area (Å²) in [6.07, 6.45) is 0. The number of hydrogen-bond acceptors (Lipinski definition) is 6. The van der Waals surface area contributed by atoms with E-state index in [-0.39, 0.29) is 0 Å². The van der Waals surface area contributed by atoms with Crippen molar-refractivity contribution in [2.75, 3.05) is 38.3 Å². The number of fused-ring (bicyclic) bond motifs is 1. The minimum Gasteiger partial charge on any atom is -0.480 e. The molecule has 1 aliphatic heterocycles. The van der Waals surface area contributed by atoms with Crippen LogP contribution in [0, 0.1) is 0 Å². The first-order chi connectivity index (χ1) is 8.78. The van der Waals surface area contributed by atoms with E-state index in [2.05, 4.69) is 25.9 Å². The molecular formula is C11H12BrN3O3. The van der Waals surface area contributed by atoms with Crippen LogP contribution in [-0.4, -0.2) is 43.4 Å². The van der Waals surface area contributed by atoms with Crippen molar-refractivity contribution in [2.45, 2.75) is 0 Å². The van der Waals surface area contributed by atoms with E-state index in [0.717, 1.165) is 17.6 Å². The van der Waals surface area contributed by atoms with Crippen molar-refractivity contribution in [3.63, 3.8) is 0 Å². The molecule has 0 aromatic carbocycles. The molecule has 2 aromatic rings. The number of morpholine rings is 1. The fraction of sp³-hybridized carbons (Fsp3) is 0.455. The van der Waals surface area contributed by atoms with Gasteiger partial charge in [-0.05, 0) is 15.9 Å². The number of methoxy groups -OCH3 is 1. The number of nitrogens with zero attached hydrogens (tertiary/aromatic N) is 3. The van der Waals surface area contributed by atoms with E-state index < -0.39 is 0 Å². The first-order valence-electron chi connectivity index (χ1n) is 5.61. The van der Waals surface area contributed by atoms with Crippen molar-refractivity contribution in [3.8, 4) is 5.88 Å². The Morgan fingerprint density at radius 1 is 1.33 bits per heavy atom. The molecule has 0 amide bonds. The lowest BCUT2D eigenvalue weighted by Gasteiger charge is -2.24. The molecule has 0 unspecified atom stereocenters. The summed E-state index contributed by atoms with van der Waals surface area (Å²) in [5, 5.41) is 0. The molecule has 0 radical (unpaired) electrons. The molecule has 6 nitrogen and oxygen atoms in total. The van der Waals surface area contributed by atoms with Crippen LogP contribution < -0.4 is 9.64 Å². The fourth-order valence-electron chi connectivity index (χ4n) is 1.85. The average Bonchev–Trinajstić information content (AvgIpc) is 2.81. The fourth-order valence-corrected chi connectivity index (χ4v) is 2.30. The Morgan fingerprint density at radius 3 is 2.83 bits per heavy atom. The van der Waals surface area contributed by atoms with Gasteiger partial charge in [0.1, 0.15) is 0 Å². The van der Waals surface area contributed by atoms with Crippen LogP contribution in [0.4, 0.5) is 6.01 Å². The van der Waals surface area contributed by atoms with E-state index in [9.17, 15) is 0 Å². The minimum absolute atomic E-state index is 0.504. The molecule has 0 bridgehead atoms. The molecule has 1 fully saturated rings. The normalized spacial score (nSPS) is 16.2. The number of pyridine rings is 1. The van der Waals surface area contributed by atoms with Crippen molar-refractivity contribution in [3.05, 3.63) is 10.5 Å². The van der Waals surface area contributed by atoms with Crippen LogP contribution in [0.3, 0.4) is 0 Å². The highest BCUT2D eigenvalue weighted by Gasteiger charge is 2.18. The summed E-state index contributed by atoms with van der Waals surface area (Å²) >= 11 is 3.37. The lowest BCUT2D eigenvalue weighted by molar-refractivity contribution is 0.120. The molecule has 18 heavy (non-hydrogen) atoms. The summed E-state index contributed by atoms with van der Waals surface area (Å²) in [5.41, 5.74) is 1.20. The largest absolute Gasteiger partial charge is 0.480 e. The average molecular weight is 314 g/mol. The molecule has 7 heteroatoms. The summed E-state index contributed by atoms with van der Waals surface area (Å²) in [4.78, 5) is 10.7. The molecule has 96 valence electrons. The van der Waals surface area contributed by atoms with Gasteiger partial charge in [-0.1, -0.05) is 0 Å². The zero-order valence-electron chi connectivity index (χ0n) is 9.85. The summed E-state index contributed by atoms with van der Waals surface area (Å²) in [5.74, 6) is 0.504. The van der Waals surface area contributed by atoms with Crippen LogP contribution in [0.25, 0.3) is 11.2 Å². The van der Waals surface area contributed by atoms with Gasteiger partial charge in [0.25, 0.3) is 6.01 Å². The molecule has 0 aliphatic carbocycles. The van der Waals surface area contributed by atoms with Gasteiger partial charge in [-0.2, -0.15) is 9.97 Å². The molecule has 0 atom stereocenters. The maximum atomic E-state index is 5.70. The maximum absolute atomic E-state index is 5.70. The Balaban J connectivity index is 1.99. The Labute approximate surface area is 112 Å². The molecule has 0 N–H and O–H groups in total. The topological polar surface area (TPSA) is 60.6 Å². The summed E-state index contributed by atoms with van der Waals surface area (Å²) in [6, 6.07) is 2.40. The molecule has 3 rings (SSSR count). The van der Waals surface area contributed by atoms with Gasteiger partial charge in [-0.25, -0.2) is 0 Å². The molecule has 1 saturated heterocycles. The summed E-state index contributed by atoms with van der Waals surface area (Å²) in [6.45, 7) is 2.95. The number of anilines is 1. The Hall–Kier alpha value is -1.34. The third kappa shape index (κ3) is 2.04. The van der Waals surface area contributed by atoms with Crippen molar-refractivity contribution in [2.24, 2.45) is 0 Å². The third-order valence-corrected chi connectivity index (χ3v) is 3.34. The first kappa shape index (κ1) is 11.7. The zero-order chi connectivity index (χ0) is 12.5. The predicted octanol–water partition coefficient (Wildman–Crippen LogP) is 1.83. The second-order valence-electron chi connectivity index (χ2n) is 3.90. The van der Waals surface area contributed by atoms with Crippen molar-refractivity contribution in [1.29, 1.82) is 0 Å². The van der Waals surface area contributed by atoms with Gasteiger partial charge in [-0.3, -0.25) is 0 Å². The number of ether oxygens (including phenoxy) is 2. The van der Waals surface area contributed by atoms with E-state index in [4.69, 9.17) is 13.9 Å². The third-order valence-electron chi connectivity index (χ3n) is 2.77. The summed E-state index contributed by atoms with van der Waals surface area (Å²) < 4.78 is 16.9. The molecule has 1 aliphatic rings. The number of halogens is 1. The number of aromatic nitrogens is 2. The summed E-state index contributed by atoms with van der Waals surface area (Å²) in [7, 11) is 1.57. The zero-order valence-corrected chi connectivity index (χ0v) is 11.4. The molecule has 0 saturated carbocycles. The Kier molecular flexibility index (Phi) is 3.09. The minimum atomic E-state index is 0.504. The van der Waals surface area contributed by atoms with Crippen LogP contribution in [0.15, 0.2) is 15.0 Å². The van der Waals surface area contributed by atoms with E-state index >= 15 is 0 Å². The van der Waals surface area contributed by atoms with Crippen LogP contribution in [0.5, 0.6) is 5.88 Å². The Morgan fingerprint density at radius 2 is 2.11 bits per heavy atom. The highest BCUT2D eigenvalue weighted by Crippen LogP contribution is 2.29. The molecule has 0 spiro atoms. The number of rotatable bonds is 2. The van der Waals surface area contributed by atoms with Gasteiger partial charge in [0.2, 0.25) is 11.5 Å². The second-order valence-corrected chi connectivity index (χ2v) is 4.75. The molecule has 3 heterocycles. The molecule has 2 aromatic heterocycles. The van der Waals surface area contributed by atoms with Crippen LogP contribution in [0.2, 0.25) is 0 Å². The predicted molar refractivity (Wildman–Crippen MR) is 69.1 cm³/mol. The van der Waals surface area contributed by atoms with Crippen LogP contribution in [-0.2, 0) is 4.74 Å². The van der Waals surface area contributed by atoms with E-state index in [1.807, 2.05) is 11.0 Å². The van der Waals surface area contributed by atoms with Crippen molar-refractivity contribution in [1.82, 2.24) is 9.97 Å². The van der Waals surface area contributed by atoms with Gasteiger partial charge in [0.05, 0.1) is 24.8 Å². The van der Waals surface area contributed by atoms with Gasteiger partial charge in [0, 0.05) is 19.2 Å². The highest BCUT2D eigenvalue weighted by molar-refractivity contribution is 9.10. The smallest absolute Gasteiger partial charge is 0.300 e. The van der Waals surface area contributed by atoms with Crippen LogP contribution in [0.1, 0.15) is 0 Å². The van der Waals surface area contributed by atoms with E-state index in [1.165, 1.54) is 0 Å². The highest BCUT2D eigenvalue weighted by atomic mass is 79.9. The molecular weight excluding hydrogens is 302 g/mol. The number of oxazole rings is 1. The first-order valence-corrected chi connectivity index (χ1v) is 6.41. The van der Waals surface area contributed by atoms with Crippen molar-refractivity contribution < 1.29 is 13.9 Å². The van der Waals surface area contributed by atoms with Gasteiger partial charge in [-0.15, -0.1) is 0 Å². The standard InChI is InChI=1S/C11H12BrN3O3/c1-16-10-7(12)6-8-9(13-10)14-11(18-8)15-2-4-17-5-3-15/h6H,2-5H2,1H3. The number of hydrogen-bond donors (Lipinski definition) is 0. The Bertz CT molecular complexity index is 566.